The Morgan fingerprint density at radius 2 is 1.78 bits per heavy atom. The van der Waals surface area contributed by atoms with Crippen LogP contribution < -0.4 is 10.9 Å². The fourth-order valence-electron chi connectivity index (χ4n) is 2.29. The molecule has 5 heteroatoms. The Morgan fingerprint density at radius 1 is 1.00 bits per heavy atom. The Kier molecular flexibility index (Phi) is 4.19. The van der Waals surface area contributed by atoms with Gasteiger partial charge in [0.2, 0.25) is 5.95 Å². The van der Waals surface area contributed by atoms with Gasteiger partial charge in [0, 0.05) is 12.1 Å². The molecule has 2 aromatic carbocycles. The smallest absolute Gasteiger partial charge is 0.274 e. The molecule has 0 saturated carbocycles. The number of benzene rings is 2. The van der Waals surface area contributed by atoms with Gasteiger partial charge in [0.25, 0.3) is 5.56 Å². The zero-order valence-electron chi connectivity index (χ0n) is 13.1. The summed E-state index contributed by atoms with van der Waals surface area (Å²) in [5, 5.41) is 11.2. The number of H-pyrrole nitrogens is 1. The van der Waals surface area contributed by atoms with Gasteiger partial charge in [0.1, 0.15) is 5.69 Å². The van der Waals surface area contributed by atoms with Crippen molar-refractivity contribution < 1.29 is 0 Å². The molecule has 0 atom stereocenters. The summed E-state index contributed by atoms with van der Waals surface area (Å²) in [6, 6.07) is 15.9. The predicted octanol–water partition coefficient (Wildman–Crippen LogP) is 3.12. The van der Waals surface area contributed by atoms with Crippen LogP contribution in [-0.2, 0) is 6.42 Å². The van der Waals surface area contributed by atoms with E-state index in [1.165, 1.54) is 5.56 Å². The van der Waals surface area contributed by atoms with Gasteiger partial charge in [-0.1, -0.05) is 42.0 Å². The zero-order valence-corrected chi connectivity index (χ0v) is 13.1. The lowest BCUT2D eigenvalue weighted by molar-refractivity contribution is 0.874. The van der Waals surface area contributed by atoms with E-state index in [0.29, 0.717) is 18.1 Å². The van der Waals surface area contributed by atoms with E-state index in [2.05, 4.69) is 20.5 Å². The quantitative estimate of drug-likeness (QED) is 0.777. The number of nitrogens with zero attached hydrogens (tertiary/aromatic N) is 2. The van der Waals surface area contributed by atoms with Crippen molar-refractivity contribution in [2.75, 3.05) is 5.32 Å². The molecular weight excluding hydrogens is 288 g/mol. The molecule has 0 bridgehead atoms. The molecule has 0 saturated heterocycles. The van der Waals surface area contributed by atoms with Crippen LogP contribution in [0.4, 0.5) is 11.6 Å². The highest BCUT2D eigenvalue weighted by Gasteiger charge is 2.06. The molecule has 0 unspecified atom stereocenters. The lowest BCUT2D eigenvalue weighted by Crippen LogP contribution is -2.18. The van der Waals surface area contributed by atoms with Crippen molar-refractivity contribution in [3.8, 4) is 0 Å². The maximum atomic E-state index is 12.2. The minimum absolute atomic E-state index is 0.226. The summed E-state index contributed by atoms with van der Waals surface area (Å²) in [5.74, 6) is 0.341. The van der Waals surface area contributed by atoms with Gasteiger partial charge >= 0.3 is 0 Å². The lowest BCUT2D eigenvalue weighted by atomic mass is 10.1. The molecule has 3 rings (SSSR count). The van der Waals surface area contributed by atoms with Gasteiger partial charge < -0.3 is 5.32 Å². The molecular formula is C18H18N4O. The summed E-state index contributed by atoms with van der Waals surface area (Å²) < 4.78 is 0. The first-order valence-corrected chi connectivity index (χ1v) is 7.45. The lowest BCUT2D eigenvalue weighted by Gasteiger charge is -2.06. The van der Waals surface area contributed by atoms with E-state index in [-0.39, 0.29) is 5.56 Å². The third-order valence-corrected chi connectivity index (χ3v) is 3.54. The third-order valence-electron chi connectivity index (χ3n) is 3.54. The van der Waals surface area contributed by atoms with Crippen molar-refractivity contribution in [1.82, 2.24) is 15.2 Å². The molecule has 0 radical (unpaired) electrons. The second-order valence-electron chi connectivity index (χ2n) is 5.61. The van der Waals surface area contributed by atoms with E-state index in [1.54, 1.807) is 0 Å². The molecule has 0 fully saturated rings. The highest BCUT2D eigenvalue weighted by molar-refractivity contribution is 5.53. The second-order valence-corrected chi connectivity index (χ2v) is 5.61. The van der Waals surface area contributed by atoms with E-state index in [9.17, 15) is 4.79 Å². The maximum absolute atomic E-state index is 12.2. The standard InChI is InChI=1S/C18H18N4O/c1-12-6-8-14(9-7-12)11-16-17(23)20-18(22-21-16)19-15-5-3-4-13(2)10-15/h3-10H,11H2,1-2H3,(H2,19,20,22,23). The molecule has 3 aromatic rings. The van der Waals surface area contributed by atoms with Gasteiger partial charge in [-0.25, -0.2) is 0 Å². The molecule has 5 nitrogen and oxygen atoms in total. The van der Waals surface area contributed by atoms with Crippen molar-refractivity contribution in [3.63, 3.8) is 0 Å². The summed E-state index contributed by atoms with van der Waals surface area (Å²) in [4.78, 5) is 14.9. The van der Waals surface area contributed by atoms with Crippen molar-refractivity contribution in [2.45, 2.75) is 20.3 Å². The van der Waals surface area contributed by atoms with Crippen LogP contribution in [0.15, 0.2) is 53.3 Å². The Bertz CT molecular complexity index is 869. The van der Waals surface area contributed by atoms with Gasteiger partial charge in [-0.3, -0.25) is 9.78 Å². The Labute approximate surface area is 134 Å². The van der Waals surface area contributed by atoms with E-state index in [4.69, 9.17) is 0 Å². The van der Waals surface area contributed by atoms with Crippen LogP contribution in [0.3, 0.4) is 0 Å². The highest BCUT2D eigenvalue weighted by atomic mass is 16.1. The molecule has 2 N–H and O–H groups in total. The first kappa shape index (κ1) is 15.0. The van der Waals surface area contributed by atoms with Crippen LogP contribution in [0.5, 0.6) is 0 Å². The van der Waals surface area contributed by atoms with Crippen LogP contribution >= 0.6 is 0 Å². The number of nitrogens with one attached hydrogen (secondary N) is 2. The Balaban J connectivity index is 1.78. The van der Waals surface area contributed by atoms with Crippen molar-refractivity contribution >= 4 is 11.6 Å². The molecule has 0 aliphatic heterocycles. The van der Waals surface area contributed by atoms with Gasteiger partial charge in [-0.15, -0.1) is 10.2 Å². The predicted molar refractivity (Wildman–Crippen MR) is 91.1 cm³/mol. The zero-order chi connectivity index (χ0) is 16.2. The van der Waals surface area contributed by atoms with E-state index in [0.717, 1.165) is 16.8 Å². The summed E-state index contributed by atoms with van der Waals surface area (Å²) in [6.07, 6.45) is 0.466. The molecule has 0 spiro atoms. The summed E-state index contributed by atoms with van der Waals surface area (Å²) in [7, 11) is 0. The SMILES string of the molecule is Cc1ccc(Cc2nnc(Nc3cccc(C)c3)[nH]c2=O)cc1. The van der Waals surface area contributed by atoms with Gasteiger partial charge in [-0.05, 0) is 37.1 Å². The molecule has 0 aliphatic carbocycles. The van der Waals surface area contributed by atoms with E-state index >= 15 is 0 Å². The molecule has 0 aliphatic rings. The Morgan fingerprint density at radius 3 is 2.48 bits per heavy atom. The number of aryl methyl sites for hydroxylation is 2. The number of anilines is 2. The first-order valence-electron chi connectivity index (χ1n) is 7.45. The summed E-state index contributed by atoms with van der Waals surface area (Å²) in [5.41, 5.74) is 4.39. The van der Waals surface area contributed by atoms with E-state index < -0.39 is 0 Å². The van der Waals surface area contributed by atoms with Crippen LogP contribution in [0.2, 0.25) is 0 Å². The molecule has 1 heterocycles. The Hall–Kier alpha value is -2.95. The third kappa shape index (κ3) is 3.83. The van der Waals surface area contributed by atoms with Crippen molar-refractivity contribution in [3.05, 3.63) is 81.3 Å². The van der Waals surface area contributed by atoms with Crippen molar-refractivity contribution in [1.29, 1.82) is 0 Å². The second kappa shape index (κ2) is 6.44. The molecule has 116 valence electrons. The average molecular weight is 306 g/mol. The van der Waals surface area contributed by atoms with Gasteiger partial charge in [0.15, 0.2) is 0 Å². The summed E-state index contributed by atoms with van der Waals surface area (Å²) in [6.45, 7) is 4.03. The van der Waals surface area contributed by atoms with Crippen molar-refractivity contribution in [2.24, 2.45) is 0 Å². The number of rotatable bonds is 4. The fourth-order valence-corrected chi connectivity index (χ4v) is 2.29. The average Bonchev–Trinajstić information content (AvgIpc) is 2.52. The maximum Gasteiger partial charge on any atom is 0.274 e. The number of aromatic amines is 1. The van der Waals surface area contributed by atoms with Crippen LogP contribution in [0.25, 0.3) is 0 Å². The van der Waals surface area contributed by atoms with Crippen LogP contribution in [0, 0.1) is 13.8 Å². The number of aromatic nitrogens is 3. The fraction of sp³-hybridized carbons (Fsp3) is 0.167. The number of hydrogen-bond acceptors (Lipinski definition) is 4. The minimum atomic E-state index is -0.226. The largest absolute Gasteiger partial charge is 0.324 e. The first-order chi connectivity index (χ1) is 11.1. The van der Waals surface area contributed by atoms with Gasteiger partial charge in [0.05, 0.1) is 0 Å². The summed E-state index contributed by atoms with van der Waals surface area (Å²) >= 11 is 0. The molecule has 1 aromatic heterocycles. The van der Waals surface area contributed by atoms with Gasteiger partial charge in [-0.2, -0.15) is 0 Å². The number of hydrogen-bond donors (Lipinski definition) is 2. The normalized spacial score (nSPS) is 10.5. The van der Waals surface area contributed by atoms with Crippen LogP contribution in [0.1, 0.15) is 22.4 Å². The van der Waals surface area contributed by atoms with Crippen LogP contribution in [-0.4, -0.2) is 15.2 Å². The van der Waals surface area contributed by atoms with E-state index in [1.807, 2.05) is 62.4 Å². The highest BCUT2D eigenvalue weighted by Crippen LogP contribution is 2.13. The minimum Gasteiger partial charge on any atom is -0.324 e. The molecule has 23 heavy (non-hydrogen) atoms. The molecule has 0 amide bonds. The monoisotopic (exact) mass is 306 g/mol. The topological polar surface area (TPSA) is 70.7 Å².